The number of anilines is 1. The summed E-state index contributed by atoms with van der Waals surface area (Å²) in [7, 11) is 0. The van der Waals surface area contributed by atoms with Gasteiger partial charge in [-0.15, -0.1) is 0 Å². The average Bonchev–Trinajstić information content (AvgIpc) is 2.99. The van der Waals surface area contributed by atoms with Gasteiger partial charge >= 0.3 is 5.92 Å². The van der Waals surface area contributed by atoms with Crippen LogP contribution in [0, 0.1) is 0 Å². The molecule has 1 amide bonds. The largest absolute Gasteiger partial charge is 0.314 e. The Morgan fingerprint density at radius 3 is 2.73 bits per heavy atom. The van der Waals surface area contributed by atoms with Crippen LogP contribution in [-0.2, 0) is 16.1 Å². The zero-order chi connectivity index (χ0) is 21.5. The van der Waals surface area contributed by atoms with Crippen molar-refractivity contribution in [2.45, 2.75) is 38.2 Å². The first kappa shape index (κ1) is 20.9. The molecule has 4 rings (SSSR count). The highest BCUT2D eigenvalue weighted by Gasteiger charge is 2.42. The molecule has 0 aliphatic carbocycles. The van der Waals surface area contributed by atoms with E-state index in [1.807, 2.05) is 13.8 Å². The second kappa shape index (κ2) is 7.71. The lowest BCUT2D eigenvalue weighted by molar-refractivity contribution is -0.120. The lowest BCUT2D eigenvalue weighted by Crippen LogP contribution is -2.52. The van der Waals surface area contributed by atoms with Crippen LogP contribution in [0.4, 0.5) is 14.5 Å². The third-order valence-electron chi connectivity index (χ3n) is 6.03. The van der Waals surface area contributed by atoms with Crippen molar-refractivity contribution in [1.29, 1.82) is 0 Å². The lowest BCUT2D eigenvalue weighted by Gasteiger charge is -2.32. The SMILES string of the molecule is C[C@@H]1CN(CC(=O)N2CC(C)(C)c3cnc(C(F)(F)c4ccccc4)cc32)CCN1. The summed E-state index contributed by atoms with van der Waals surface area (Å²) in [6.07, 6.45) is 1.52. The molecule has 0 unspecified atom stereocenters. The minimum atomic E-state index is -3.23. The zero-order valence-corrected chi connectivity index (χ0v) is 17.7. The molecule has 2 aliphatic heterocycles. The van der Waals surface area contributed by atoms with E-state index in [9.17, 15) is 4.79 Å². The fourth-order valence-corrected chi connectivity index (χ4v) is 4.38. The molecule has 0 saturated carbocycles. The van der Waals surface area contributed by atoms with E-state index in [2.05, 4.69) is 22.1 Å². The van der Waals surface area contributed by atoms with Crippen LogP contribution < -0.4 is 10.2 Å². The normalized spacial score (nSPS) is 21.5. The molecule has 2 aliphatic rings. The predicted octanol–water partition coefficient (Wildman–Crippen LogP) is 3.14. The highest BCUT2D eigenvalue weighted by molar-refractivity contribution is 5.97. The number of pyridine rings is 1. The van der Waals surface area contributed by atoms with Gasteiger partial charge in [-0.2, -0.15) is 8.78 Å². The Labute approximate surface area is 176 Å². The van der Waals surface area contributed by atoms with Gasteiger partial charge in [0.05, 0.1) is 12.2 Å². The third kappa shape index (κ3) is 3.84. The number of rotatable bonds is 4. The number of piperazine rings is 1. The third-order valence-corrected chi connectivity index (χ3v) is 6.03. The maximum absolute atomic E-state index is 15.1. The number of hydrogen-bond donors (Lipinski definition) is 1. The Morgan fingerprint density at radius 1 is 1.30 bits per heavy atom. The molecule has 0 bridgehead atoms. The standard InChI is InChI=1S/C23H28F2N4O/c1-16-13-28(10-9-26-16)14-21(30)29-15-22(2,3)18-12-27-20(11-19(18)29)23(24,25)17-7-5-4-6-8-17/h4-8,11-12,16,26H,9-10,13-15H2,1-3H3/t16-/m1/s1. The Hall–Kier alpha value is -2.38. The molecule has 1 fully saturated rings. The van der Waals surface area contributed by atoms with E-state index in [0.29, 0.717) is 18.3 Å². The van der Waals surface area contributed by atoms with Crippen molar-refractivity contribution < 1.29 is 13.6 Å². The smallest absolute Gasteiger partial charge is 0.312 e. The molecule has 30 heavy (non-hydrogen) atoms. The minimum absolute atomic E-state index is 0.0592. The van der Waals surface area contributed by atoms with Crippen LogP contribution in [0.3, 0.4) is 0 Å². The van der Waals surface area contributed by atoms with Gasteiger partial charge in [0.1, 0.15) is 5.69 Å². The molecular weight excluding hydrogens is 386 g/mol. The molecule has 7 heteroatoms. The summed E-state index contributed by atoms with van der Waals surface area (Å²) < 4.78 is 30.2. The number of benzene rings is 1. The first-order valence-corrected chi connectivity index (χ1v) is 10.4. The number of fused-ring (bicyclic) bond motifs is 1. The molecule has 0 radical (unpaired) electrons. The van der Waals surface area contributed by atoms with Crippen LogP contribution in [0.15, 0.2) is 42.6 Å². The van der Waals surface area contributed by atoms with Gasteiger partial charge in [-0.1, -0.05) is 44.2 Å². The van der Waals surface area contributed by atoms with E-state index in [-0.39, 0.29) is 29.1 Å². The van der Waals surface area contributed by atoms with Gasteiger partial charge in [0.15, 0.2) is 0 Å². The summed E-state index contributed by atoms with van der Waals surface area (Å²) in [5.41, 5.74) is 0.599. The number of carbonyl (C=O) groups excluding carboxylic acids is 1. The average molecular weight is 415 g/mol. The topological polar surface area (TPSA) is 48.5 Å². The second-order valence-electron chi connectivity index (χ2n) is 8.98. The number of alkyl halides is 2. The van der Waals surface area contributed by atoms with Crippen LogP contribution in [0.5, 0.6) is 0 Å². The highest BCUT2D eigenvalue weighted by atomic mass is 19.3. The van der Waals surface area contributed by atoms with Gasteiger partial charge in [-0.05, 0) is 13.0 Å². The van der Waals surface area contributed by atoms with Crippen molar-refractivity contribution in [1.82, 2.24) is 15.2 Å². The number of nitrogens with one attached hydrogen (secondary N) is 1. The van der Waals surface area contributed by atoms with Crippen LogP contribution >= 0.6 is 0 Å². The molecule has 5 nitrogen and oxygen atoms in total. The number of carbonyl (C=O) groups is 1. The molecule has 1 aromatic carbocycles. The van der Waals surface area contributed by atoms with Crippen LogP contribution in [0.25, 0.3) is 0 Å². The first-order chi connectivity index (χ1) is 14.2. The summed E-state index contributed by atoms with van der Waals surface area (Å²) in [6.45, 7) is 9.31. The number of nitrogens with zero attached hydrogens (tertiary/aromatic N) is 3. The van der Waals surface area contributed by atoms with E-state index in [0.717, 1.165) is 25.2 Å². The molecule has 1 aromatic heterocycles. The lowest BCUT2D eigenvalue weighted by atomic mass is 9.88. The maximum Gasteiger partial charge on any atom is 0.314 e. The summed E-state index contributed by atoms with van der Waals surface area (Å²) in [6, 6.07) is 9.40. The van der Waals surface area contributed by atoms with Gasteiger partial charge in [0.2, 0.25) is 5.91 Å². The Morgan fingerprint density at radius 2 is 2.03 bits per heavy atom. The van der Waals surface area contributed by atoms with Gasteiger partial charge in [0.25, 0.3) is 0 Å². The van der Waals surface area contributed by atoms with Gasteiger partial charge in [0, 0.05) is 55.0 Å². The van der Waals surface area contributed by atoms with Gasteiger partial charge in [-0.3, -0.25) is 14.7 Å². The molecule has 1 N–H and O–H groups in total. The van der Waals surface area contributed by atoms with Crippen molar-refractivity contribution in [3.05, 3.63) is 59.4 Å². The number of amides is 1. The first-order valence-electron chi connectivity index (χ1n) is 10.4. The Balaban J connectivity index is 1.64. The van der Waals surface area contributed by atoms with Crippen molar-refractivity contribution in [3.63, 3.8) is 0 Å². The van der Waals surface area contributed by atoms with Gasteiger partial charge < -0.3 is 10.2 Å². The Bertz CT molecular complexity index is 932. The fraction of sp³-hybridized carbons (Fsp3) is 0.478. The molecule has 1 saturated heterocycles. The van der Waals surface area contributed by atoms with E-state index in [4.69, 9.17) is 0 Å². The molecule has 3 heterocycles. The van der Waals surface area contributed by atoms with Crippen LogP contribution in [0.1, 0.15) is 37.6 Å². The molecule has 0 spiro atoms. The van der Waals surface area contributed by atoms with Crippen molar-refractivity contribution in [2.75, 3.05) is 37.6 Å². The second-order valence-corrected chi connectivity index (χ2v) is 8.98. The van der Waals surface area contributed by atoms with Crippen LogP contribution in [-0.4, -0.2) is 54.6 Å². The van der Waals surface area contributed by atoms with E-state index >= 15 is 8.78 Å². The highest BCUT2D eigenvalue weighted by Crippen LogP contribution is 2.43. The Kier molecular flexibility index (Phi) is 5.36. The van der Waals surface area contributed by atoms with Crippen LogP contribution in [0.2, 0.25) is 0 Å². The van der Waals surface area contributed by atoms with Crippen molar-refractivity contribution >= 4 is 11.6 Å². The predicted molar refractivity (Wildman–Crippen MR) is 113 cm³/mol. The fourth-order valence-electron chi connectivity index (χ4n) is 4.38. The number of halogens is 2. The van der Waals surface area contributed by atoms with E-state index in [1.165, 1.54) is 24.4 Å². The molecular formula is C23H28F2N4O. The quantitative estimate of drug-likeness (QED) is 0.835. The summed E-state index contributed by atoms with van der Waals surface area (Å²) in [5, 5.41) is 3.36. The number of aromatic nitrogens is 1. The van der Waals surface area contributed by atoms with E-state index < -0.39 is 5.92 Å². The minimum Gasteiger partial charge on any atom is -0.312 e. The van der Waals surface area contributed by atoms with Gasteiger partial charge in [-0.25, -0.2) is 0 Å². The summed E-state index contributed by atoms with van der Waals surface area (Å²) >= 11 is 0. The van der Waals surface area contributed by atoms with Crippen molar-refractivity contribution in [2.24, 2.45) is 0 Å². The van der Waals surface area contributed by atoms with E-state index in [1.54, 1.807) is 23.1 Å². The molecule has 160 valence electrons. The van der Waals surface area contributed by atoms with Crippen molar-refractivity contribution in [3.8, 4) is 0 Å². The molecule has 2 aromatic rings. The summed E-state index contributed by atoms with van der Waals surface area (Å²) in [4.78, 5) is 21.0. The maximum atomic E-state index is 15.1. The summed E-state index contributed by atoms with van der Waals surface area (Å²) in [5.74, 6) is -3.29. The monoisotopic (exact) mass is 414 g/mol. The molecule has 1 atom stereocenters. The number of hydrogen-bond acceptors (Lipinski definition) is 4. The zero-order valence-electron chi connectivity index (χ0n) is 17.7.